The van der Waals surface area contributed by atoms with Crippen LogP contribution >= 0.6 is 0 Å². The third kappa shape index (κ3) is 6.18. The number of aryl methyl sites for hydroxylation is 1. The molecule has 0 saturated carbocycles. The standard InChI is InChI=1S/C26H21F7N6O2/c1-15-10-37(14-34-15)21-7-5-16(9-23(21)41-13-26(31,32)33)19-11-39(36-35-19)22-8-6-17-18(27)3-2-4-20(17)38(24(22)40)12-25(28,29)30/h2-5,7,9-11,14,22H,6,8,12-13H2,1H3/t22-/m1/s1. The molecule has 41 heavy (non-hydrogen) atoms. The lowest BCUT2D eigenvalue weighted by molar-refractivity contribution is -0.153. The van der Waals surface area contributed by atoms with E-state index in [4.69, 9.17) is 4.74 Å². The molecule has 2 aromatic carbocycles. The number of imidazole rings is 1. The molecule has 0 spiro atoms. The minimum atomic E-state index is -4.76. The Morgan fingerprint density at radius 3 is 2.49 bits per heavy atom. The SMILES string of the molecule is Cc1cn(-c2ccc(-c3cn([C@@H]4CCc5c(F)cccc5N(CC(F)(F)F)C4=O)nn3)cc2OCC(F)(F)F)cn1. The molecular formula is C26H21F7N6O2. The van der Waals surface area contributed by atoms with E-state index in [0.717, 1.165) is 10.7 Å². The van der Waals surface area contributed by atoms with E-state index in [2.05, 4.69) is 15.3 Å². The number of rotatable bonds is 6. The number of ether oxygens (including phenoxy) is 1. The first-order valence-corrected chi connectivity index (χ1v) is 12.2. The fourth-order valence-corrected chi connectivity index (χ4v) is 4.61. The molecule has 5 rings (SSSR count). The molecule has 0 bridgehead atoms. The van der Waals surface area contributed by atoms with Crippen LogP contribution in [0, 0.1) is 12.7 Å². The average molecular weight is 582 g/mol. The highest BCUT2D eigenvalue weighted by molar-refractivity contribution is 5.97. The van der Waals surface area contributed by atoms with Gasteiger partial charge in [-0.1, -0.05) is 17.3 Å². The molecule has 2 aromatic heterocycles. The number of aromatic nitrogens is 5. The number of amides is 1. The summed E-state index contributed by atoms with van der Waals surface area (Å²) in [7, 11) is 0. The van der Waals surface area contributed by atoms with Crippen molar-refractivity contribution in [1.82, 2.24) is 24.5 Å². The van der Waals surface area contributed by atoms with Crippen LogP contribution in [0.2, 0.25) is 0 Å². The smallest absolute Gasteiger partial charge is 0.422 e. The summed E-state index contributed by atoms with van der Waals surface area (Å²) in [5.74, 6) is -1.83. The maximum atomic E-state index is 14.5. The minimum Gasteiger partial charge on any atom is -0.482 e. The zero-order valence-electron chi connectivity index (χ0n) is 21.2. The van der Waals surface area contributed by atoms with Crippen molar-refractivity contribution in [2.45, 2.75) is 38.2 Å². The number of carbonyl (C=O) groups excluding carboxylic acids is 1. The normalized spacial score (nSPS) is 16.0. The Kier molecular flexibility index (Phi) is 7.21. The maximum Gasteiger partial charge on any atom is 0.422 e. The zero-order valence-corrected chi connectivity index (χ0v) is 21.2. The molecule has 8 nitrogen and oxygen atoms in total. The van der Waals surface area contributed by atoms with Gasteiger partial charge in [-0.2, -0.15) is 26.3 Å². The molecule has 0 radical (unpaired) electrons. The Balaban J connectivity index is 1.48. The van der Waals surface area contributed by atoms with E-state index in [1.807, 2.05) is 0 Å². The zero-order chi connectivity index (χ0) is 29.5. The van der Waals surface area contributed by atoms with Crippen LogP contribution in [-0.4, -0.2) is 56.0 Å². The van der Waals surface area contributed by atoms with Gasteiger partial charge in [-0.25, -0.2) is 14.1 Å². The number of anilines is 1. The number of hydrogen-bond donors (Lipinski definition) is 0. The van der Waals surface area contributed by atoms with Crippen LogP contribution < -0.4 is 9.64 Å². The highest BCUT2D eigenvalue weighted by Gasteiger charge is 2.40. The van der Waals surface area contributed by atoms with E-state index in [9.17, 15) is 35.5 Å². The summed E-state index contributed by atoms with van der Waals surface area (Å²) >= 11 is 0. The van der Waals surface area contributed by atoms with Gasteiger partial charge in [0.1, 0.15) is 29.8 Å². The van der Waals surface area contributed by atoms with Crippen molar-refractivity contribution in [3.63, 3.8) is 0 Å². The predicted octanol–water partition coefficient (Wildman–Crippen LogP) is 5.60. The Morgan fingerprint density at radius 2 is 1.80 bits per heavy atom. The van der Waals surface area contributed by atoms with Gasteiger partial charge in [0.2, 0.25) is 0 Å². The Labute approximate surface area is 228 Å². The third-order valence-electron chi connectivity index (χ3n) is 6.41. The number of nitrogens with zero attached hydrogens (tertiary/aromatic N) is 6. The Bertz CT molecular complexity index is 1580. The van der Waals surface area contributed by atoms with Crippen molar-refractivity contribution < 1.29 is 40.3 Å². The fraction of sp³-hybridized carbons (Fsp3) is 0.308. The summed E-state index contributed by atoms with van der Waals surface area (Å²) in [4.78, 5) is 17.9. The van der Waals surface area contributed by atoms with E-state index >= 15 is 0 Å². The molecule has 0 saturated heterocycles. The lowest BCUT2D eigenvalue weighted by atomic mass is 10.1. The molecule has 0 unspecified atom stereocenters. The molecule has 4 aromatic rings. The highest BCUT2D eigenvalue weighted by atomic mass is 19.4. The monoisotopic (exact) mass is 582 g/mol. The quantitative estimate of drug-likeness (QED) is 0.277. The second kappa shape index (κ2) is 10.5. The first kappa shape index (κ1) is 28.1. The first-order chi connectivity index (χ1) is 19.3. The van der Waals surface area contributed by atoms with Gasteiger partial charge >= 0.3 is 12.4 Å². The van der Waals surface area contributed by atoms with Crippen LogP contribution in [0.25, 0.3) is 16.9 Å². The summed E-state index contributed by atoms with van der Waals surface area (Å²) in [6.45, 7) is -1.49. The molecule has 216 valence electrons. The third-order valence-corrected chi connectivity index (χ3v) is 6.41. The largest absolute Gasteiger partial charge is 0.482 e. The van der Waals surface area contributed by atoms with Crippen molar-refractivity contribution in [3.05, 3.63) is 72.2 Å². The van der Waals surface area contributed by atoms with E-state index in [-0.39, 0.29) is 46.8 Å². The van der Waals surface area contributed by atoms with Crippen molar-refractivity contribution in [1.29, 1.82) is 0 Å². The number of halogens is 7. The number of carbonyl (C=O) groups is 1. The molecule has 1 atom stereocenters. The van der Waals surface area contributed by atoms with Crippen LogP contribution in [0.4, 0.5) is 36.4 Å². The lowest BCUT2D eigenvalue weighted by Gasteiger charge is -2.26. The van der Waals surface area contributed by atoms with Gasteiger partial charge in [0.25, 0.3) is 5.91 Å². The van der Waals surface area contributed by atoms with E-state index in [0.29, 0.717) is 10.6 Å². The van der Waals surface area contributed by atoms with Crippen LogP contribution in [0.1, 0.15) is 23.7 Å². The van der Waals surface area contributed by atoms with E-state index < -0.39 is 43.3 Å². The fourth-order valence-electron chi connectivity index (χ4n) is 4.61. The summed E-state index contributed by atoms with van der Waals surface area (Å²) in [6.07, 6.45) is -5.18. The number of fused-ring (bicyclic) bond motifs is 1. The maximum absolute atomic E-state index is 14.5. The van der Waals surface area contributed by atoms with Gasteiger partial charge in [0.05, 0.1) is 29.6 Å². The van der Waals surface area contributed by atoms with Crippen molar-refractivity contribution >= 4 is 11.6 Å². The summed E-state index contributed by atoms with van der Waals surface area (Å²) in [6, 6.07) is 6.67. The van der Waals surface area contributed by atoms with Gasteiger partial charge in [0.15, 0.2) is 6.61 Å². The molecule has 1 aliphatic rings. The van der Waals surface area contributed by atoms with Crippen LogP contribution in [0.15, 0.2) is 55.1 Å². The van der Waals surface area contributed by atoms with E-state index in [1.165, 1.54) is 47.4 Å². The van der Waals surface area contributed by atoms with Crippen molar-refractivity contribution in [2.75, 3.05) is 18.1 Å². The lowest BCUT2D eigenvalue weighted by Crippen LogP contribution is -2.42. The molecule has 1 aliphatic heterocycles. The number of benzene rings is 2. The Morgan fingerprint density at radius 1 is 1.02 bits per heavy atom. The van der Waals surface area contributed by atoms with Crippen molar-refractivity contribution in [3.8, 4) is 22.7 Å². The van der Waals surface area contributed by atoms with Gasteiger partial charge < -0.3 is 14.2 Å². The molecule has 1 amide bonds. The molecule has 3 heterocycles. The van der Waals surface area contributed by atoms with Gasteiger partial charge in [0, 0.05) is 17.3 Å². The summed E-state index contributed by atoms with van der Waals surface area (Å²) in [5.41, 5.74) is 1.09. The van der Waals surface area contributed by atoms with Crippen LogP contribution in [0.5, 0.6) is 5.75 Å². The van der Waals surface area contributed by atoms with Crippen LogP contribution in [0.3, 0.4) is 0 Å². The van der Waals surface area contributed by atoms with Gasteiger partial charge in [-0.05, 0) is 44.0 Å². The summed E-state index contributed by atoms with van der Waals surface area (Å²) in [5, 5.41) is 7.93. The first-order valence-electron chi connectivity index (χ1n) is 12.2. The second-order valence-corrected chi connectivity index (χ2v) is 9.42. The second-order valence-electron chi connectivity index (χ2n) is 9.42. The molecule has 15 heteroatoms. The number of alkyl halides is 6. The van der Waals surface area contributed by atoms with Crippen LogP contribution in [-0.2, 0) is 11.2 Å². The Hall–Kier alpha value is -4.43. The summed E-state index contributed by atoms with van der Waals surface area (Å²) < 4.78 is 101. The average Bonchev–Trinajstić information content (AvgIpc) is 3.52. The molecule has 0 aliphatic carbocycles. The predicted molar refractivity (Wildman–Crippen MR) is 131 cm³/mol. The molecule has 0 N–H and O–H groups in total. The minimum absolute atomic E-state index is 0.0234. The molecule has 0 fully saturated rings. The molecular weight excluding hydrogens is 561 g/mol. The van der Waals surface area contributed by atoms with Crippen molar-refractivity contribution in [2.24, 2.45) is 0 Å². The highest BCUT2D eigenvalue weighted by Crippen LogP contribution is 2.36. The number of hydrogen-bond acceptors (Lipinski definition) is 5. The van der Waals surface area contributed by atoms with E-state index in [1.54, 1.807) is 13.1 Å². The topological polar surface area (TPSA) is 78.1 Å². The van der Waals surface area contributed by atoms with Gasteiger partial charge in [-0.3, -0.25) is 4.79 Å². The van der Waals surface area contributed by atoms with Gasteiger partial charge in [-0.15, -0.1) is 5.10 Å².